The van der Waals surface area contributed by atoms with Gasteiger partial charge in [0.1, 0.15) is 5.15 Å². The molecule has 0 aromatic carbocycles. The third-order valence-corrected chi connectivity index (χ3v) is 2.73. The van der Waals surface area contributed by atoms with Crippen LogP contribution in [0.25, 0.3) is 0 Å². The number of rotatable bonds is 3. The zero-order valence-corrected chi connectivity index (χ0v) is 12.0. The first-order valence-corrected chi connectivity index (χ1v) is 6.23. The maximum Gasteiger partial charge on any atom is 0.251 e. The molecular weight excluding hydrogens is 248 g/mol. The van der Waals surface area contributed by atoms with Crippen molar-refractivity contribution in [2.24, 2.45) is 0 Å². The van der Waals surface area contributed by atoms with Gasteiger partial charge < -0.3 is 5.32 Å². The minimum absolute atomic E-state index is 0.0810. The molecule has 1 rings (SSSR count). The number of aromatic nitrogens is 1. The second kappa shape index (κ2) is 5.53. The van der Waals surface area contributed by atoms with Crippen LogP contribution in [-0.4, -0.2) is 16.9 Å². The van der Waals surface area contributed by atoms with E-state index in [1.165, 1.54) is 0 Å². The lowest BCUT2D eigenvalue weighted by Gasteiger charge is -2.19. The van der Waals surface area contributed by atoms with Gasteiger partial charge in [0.15, 0.2) is 0 Å². The molecule has 0 aliphatic heterocycles. The number of nitrogens with zero attached hydrogens (tertiary/aromatic N) is 1. The number of carbonyl (C=O) groups is 1. The van der Waals surface area contributed by atoms with Gasteiger partial charge in [-0.25, -0.2) is 4.98 Å². The maximum atomic E-state index is 12.0. The van der Waals surface area contributed by atoms with E-state index in [1.54, 1.807) is 18.2 Å². The van der Waals surface area contributed by atoms with E-state index >= 15 is 0 Å². The average molecular weight is 267 g/mol. The number of carbonyl (C=O) groups excluding carboxylic acids is 1. The van der Waals surface area contributed by atoms with E-state index in [1.807, 2.05) is 27.7 Å². The van der Waals surface area contributed by atoms with Crippen molar-refractivity contribution >= 4 is 17.5 Å². The first kappa shape index (κ1) is 14.7. The second-order valence-corrected chi connectivity index (χ2v) is 5.70. The highest BCUT2D eigenvalue weighted by Gasteiger charge is 2.19. The molecule has 1 aromatic rings. The Hall–Kier alpha value is -1.35. The smallest absolute Gasteiger partial charge is 0.251 e. The van der Waals surface area contributed by atoms with E-state index in [9.17, 15) is 4.79 Å². The van der Waals surface area contributed by atoms with Crippen LogP contribution in [0.1, 0.15) is 43.7 Å². The predicted molar refractivity (Wildman–Crippen MR) is 75.1 cm³/mol. The fourth-order valence-corrected chi connectivity index (χ4v) is 1.57. The van der Waals surface area contributed by atoms with Gasteiger partial charge in [-0.15, -0.1) is 6.58 Å². The highest BCUT2D eigenvalue weighted by Crippen LogP contribution is 2.23. The number of amides is 1. The largest absolute Gasteiger partial charge is 0.346 e. The van der Waals surface area contributed by atoms with Crippen molar-refractivity contribution in [1.82, 2.24) is 10.3 Å². The molecule has 0 bridgehead atoms. The highest BCUT2D eigenvalue weighted by atomic mass is 35.5. The fourth-order valence-electron chi connectivity index (χ4n) is 1.36. The first-order chi connectivity index (χ1) is 8.24. The van der Waals surface area contributed by atoms with Gasteiger partial charge in [-0.3, -0.25) is 4.79 Å². The molecule has 98 valence electrons. The molecule has 0 radical (unpaired) electrons. The van der Waals surface area contributed by atoms with Gasteiger partial charge in [0.2, 0.25) is 0 Å². The fraction of sp³-hybridized carbons (Fsp3) is 0.429. The predicted octanol–water partition coefficient (Wildman–Crippen LogP) is 3.34. The van der Waals surface area contributed by atoms with Gasteiger partial charge in [-0.1, -0.05) is 38.4 Å². The van der Waals surface area contributed by atoms with E-state index in [0.717, 1.165) is 5.69 Å². The van der Waals surface area contributed by atoms with Crippen LogP contribution in [-0.2, 0) is 5.41 Å². The van der Waals surface area contributed by atoms with Gasteiger partial charge in [0.25, 0.3) is 5.91 Å². The summed E-state index contributed by atoms with van der Waals surface area (Å²) in [5.74, 6) is -0.169. The Balaban J connectivity index is 3.07. The summed E-state index contributed by atoms with van der Waals surface area (Å²) in [7, 11) is 0. The van der Waals surface area contributed by atoms with Crippen molar-refractivity contribution < 1.29 is 4.79 Å². The van der Waals surface area contributed by atoms with Crippen LogP contribution in [0.3, 0.4) is 0 Å². The summed E-state index contributed by atoms with van der Waals surface area (Å²) in [4.78, 5) is 16.3. The second-order valence-electron chi connectivity index (χ2n) is 5.31. The number of hydrogen-bond acceptors (Lipinski definition) is 2. The number of hydrogen-bond donors (Lipinski definition) is 1. The summed E-state index contributed by atoms with van der Waals surface area (Å²) < 4.78 is 0. The molecule has 0 aliphatic rings. The SMILES string of the molecule is C=CC(C)NC(=O)c1cc(Cl)nc(C(C)(C)C)c1. The Bertz CT molecular complexity index is 463. The quantitative estimate of drug-likeness (QED) is 0.673. The van der Waals surface area contributed by atoms with Crippen molar-refractivity contribution in [3.05, 3.63) is 41.2 Å². The zero-order valence-electron chi connectivity index (χ0n) is 11.2. The normalized spacial score (nSPS) is 12.9. The zero-order chi connectivity index (χ0) is 13.9. The van der Waals surface area contributed by atoms with E-state index in [4.69, 9.17) is 11.6 Å². The molecule has 1 aromatic heterocycles. The van der Waals surface area contributed by atoms with Gasteiger partial charge in [0, 0.05) is 22.7 Å². The summed E-state index contributed by atoms with van der Waals surface area (Å²) in [6, 6.07) is 3.27. The van der Waals surface area contributed by atoms with E-state index < -0.39 is 0 Å². The molecule has 1 unspecified atom stereocenters. The average Bonchev–Trinajstić information content (AvgIpc) is 2.26. The van der Waals surface area contributed by atoms with Gasteiger partial charge >= 0.3 is 0 Å². The van der Waals surface area contributed by atoms with Crippen molar-refractivity contribution in [2.75, 3.05) is 0 Å². The van der Waals surface area contributed by atoms with Crippen LogP contribution in [0, 0.1) is 0 Å². The van der Waals surface area contributed by atoms with Crippen LogP contribution >= 0.6 is 11.6 Å². The molecule has 3 nitrogen and oxygen atoms in total. The molecule has 0 fully saturated rings. The molecule has 0 saturated carbocycles. The number of nitrogens with one attached hydrogen (secondary N) is 1. The standard InChI is InChI=1S/C14H19ClN2O/c1-6-9(2)16-13(18)10-7-11(14(3,4)5)17-12(15)8-10/h6-9H,1H2,2-5H3,(H,16,18). The van der Waals surface area contributed by atoms with Crippen molar-refractivity contribution in [3.63, 3.8) is 0 Å². The molecule has 1 amide bonds. The van der Waals surface area contributed by atoms with Crippen LogP contribution < -0.4 is 5.32 Å². The molecule has 1 atom stereocenters. The summed E-state index contributed by atoms with van der Waals surface area (Å²) in [5.41, 5.74) is 1.17. The lowest BCUT2D eigenvalue weighted by atomic mass is 9.91. The first-order valence-electron chi connectivity index (χ1n) is 5.85. The Morgan fingerprint density at radius 1 is 1.50 bits per heavy atom. The van der Waals surface area contributed by atoms with Gasteiger partial charge in [-0.05, 0) is 19.1 Å². The third kappa shape index (κ3) is 3.84. The minimum atomic E-state index is -0.169. The van der Waals surface area contributed by atoms with Crippen LogP contribution in [0.5, 0.6) is 0 Å². The summed E-state index contributed by atoms with van der Waals surface area (Å²) in [6.07, 6.45) is 1.67. The van der Waals surface area contributed by atoms with Crippen molar-refractivity contribution in [1.29, 1.82) is 0 Å². The van der Waals surface area contributed by atoms with Gasteiger partial charge in [0.05, 0.1) is 0 Å². The summed E-state index contributed by atoms with van der Waals surface area (Å²) >= 11 is 5.96. The monoisotopic (exact) mass is 266 g/mol. The molecule has 4 heteroatoms. The lowest BCUT2D eigenvalue weighted by Crippen LogP contribution is -2.31. The highest BCUT2D eigenvalue weighted by molar-refractivity contribution is 6.29. The van der Waals surface area contributed by atoms with Crippen molar-refractivity contribution in [2.45, 2.75) is 39.2 Å². The molecule has 0 spiro atoms. The van der Waals surface area contributed by atoms with Gasteiger partial charge in [-0.2, -0.15) is 0 Å². The van der Waals surface area contributed by atoms with Crippen LogP contribution in [0.2, 0.25) is 5.15 Å². The summed E-state index contributed by atoms with van der Waals surface area (Å²) in [6.45, 7) is 11.6. The number of halogens is 1. The topological polar surface area (TPSA) is 42.0 Å². The Morgan fingerprint density at radius 3 is 2.61 bits per heavy atom. The minimum Gasteiger partial charge on any atom is -0.346 e. The Kier molecular flexibility index (Phi) is 4.52. The van der Waals surface area contributed by atoms with Crippen molar-refractivity contribution in [3.8, 4) is 0 Å². The summed E-state index contributed by atoms with van der Waals surface area (Å²) in [5, 5.41) is 3.14. The molecule has 18 heavy (non-hydrogen) atoms. The van der Waals surface area contributed by atoms with E-state index in [2.05, 4.69) is 16.9 Å². The third-order valence-electron chi connectivity index (χ3n) is 2.54. The van der Waals surface area contributed by atoms with Crippen LogP contribution in [0.15, 0.2) is 24.8 Å². The van der Waals surface area contributed by atoms with Crippen LogP contribution in [0.4, 0.5) is 0 Å². The number of pyridine rings is 1. The van der Waals surface area contributed by atoms with E-state index in [0.29, 0.717) is 10.7 Å². The molecular formula is C14H19ClN2O. The Labute approximate surface area is 113 Å². The molecule has 1 N–H and O–H groups in total. The molecule has 1 heterocycles. The van der Waals surface area contributed by atoms with E-state index in [-0.39, 0.29) is 17.4 Å². The Morgan fingerprint density at radius 2 is 2.11 bits per heavy atom. The maximum absolute atomic E-state index is 12.0. The molecule has 0 saturated heterocycles. The molecule has 0 aliphatic carbocycles. The lowest BCUT2D eigenvalue weighted by molar-refractivity contribution is 0.0946.